The number of methoxy groups -OCH3 is 1. The van der Waals surface area contributed by atoms with E-state index in [0.717, 1.165) is 7.11 Å². The normalized spacial score (nSPS) is 19.0. The number of ether oxygens (including phenoxy) is 4. The predicted octanol–water partition coefficient (Wildman–Crippen LogP) is 0.625. The van der Waals surface area contributed by atoms with Gasteiger partial charge in [0, 0.05) is 24.7 Å². The number of hydrogen-bond donors (Lipinski definition) is 1. The average molecular weight is 392 g/mol. The Balaban J connectivity index is 1.61. The molecule has 2 aliphatic rings. The van der Waals surface area contributed by atoms with E-state index in [0.29, 0.717) is 30.4 Å². The van der Waals surface area contributed by atoms with Crippen molar-refractivity contribution in [2.24, 2.45) is 5.92 Å². The molecular weight excluding hydrogens is 372 g/mol. The van der Waals surface area contributed by atoms with Gasteiger partial charge in [-0.2, -0.15) is 0 Å². The van der Waals surface area contributed by atoms with E-state index in [1.807, 2.05) is 5.32 Å². The van der Waals surface area contributed by atoms with Crippen molar-refractivity contribution in [1.82, 2.24) is 5.32 Å². The van der Waals surface area contributed by atoms with E-state index in [1.54, 1.807) is 18.2 Å². The van der Waals surface area contributed by atoms with Gasteiger partial charge in [0.25, 0.3) is 5.91 Å². The molecule has 3 amide bonds. The lowest BCUT2D eigenvalue weighted by molar-refractivity contribution is -0.158. The molecule has 2 atom stereocenters. The first-order chi connectivity index (χ1) is 13.4. The molecule has 1 saturated heterocycles. The average Bonchev–Trinajstić information content (AvgIpc) is 3.09. The summed E-state index contributed by atoms with van der Waals surface area (Å²) in [6.07, 6.45) is -2.20. The van der Waals surface area contributed by atoms with E-state index < -0.39 is 30.0 Å². The summed E-state index contributed by atoms with van der Waals surface area (Å²) >= 11 is 0. The van der Waals surface area contributed by atoms with Crippen molar-refractivity contribution in [3.63, 3.8) is 0 Å². The molecule has 0 spiro atoms. The molecule has 2 heterocycles. The summed E-state index contributed by atoms with van der Waals surface area (Å²) in [6, 6.07) is 5.11. The highest BCUT2D eigenvalue weighted by molar-refractivity contribution is 6.00. The van der Waals surface area contributed by atoms with Gasteiger partial charge in [0.15, 0.2) is 17.6 Å². The van der Waals surface area contributed by atoms with Crippen LogP contribution in [0.4, 0.5) is 10.5 Å². The highest BCUT2D eigenvalue weighted by Crippen LogP contribution is 2.36. The second-order valence-corrected chi connectivity index (χ2v) is 6.29. The Hall–Kier alpha value is -3.30. The van der Waals surface area contributed by atoms with Crippen LogP contribution < -0.4 is 19.7 Å². The highest BCUT2D eigenvalue weighted by Gasteiger charge is 2.37. The maximum Gasteiger partial charge on any atom is 0.413 e. The van der Waals surface area contributed by atoms with Gasteiger partial charge in [-0.15, -0.1) is 0 Å². The van der Waals surface area contributed by atoms with Gasteiger partial charge in [-0.3, -0.25) is 19.7 Å². The third-order valence-corrected chi connectivity index (χ3v) is 4.37. The molecule has 10 nitrogen and oxygen atoms in total. The summed E-state index contributed by atoms with van der Waals surface area (Å²) in [5.41, 5.74) is 0.584. The molecule has 1 aromatic rings. The number of carbonyl (C=O) groups excluding carboxylic acids is 4. The molecule has 28 heavy (non-hydrogen) atoms. The summed E-state index contributed by atoms with van der Waals surface area (Å²) in [7, 11) is 1.11. The molecule has 1 aromatic carbocycles. The second-order valence-electron chi connectivity index (χ2n) is 6.29. The van der Waals surface area contributed by atoms with Crippen LogP contribution in [0.5, 0.6) is 11.5 Å². The van der Waals surface area contributed by atoms with E-state index in [9.17, 15) is 19.2 Å². The maximum absolute atomic E-state index is 12.4. The number of anilines is 1. The van der Waals surface area contributed by atoms with Crippen LogP contribution in [-0.4, -0.2) is 56.8 Å². The van der Waals surface area contributed by atoms with Crippen LogP contribution in [0.2, 0.25) is 0 Å². The SMILES string of the molecule is COC(=O)NC(=O)[C@@H](C)OC(=O)[C@H]1CC(=O)N(c2ccc3c(c2)OCCO3)C1. The fraction of sp³-hybridized carbons (Fsp3) is 0.444. The molecule has 0 saturated carbocycles. The van der Waals surface area contributed by atoms with Crippen molar-refractivity contribution >= 4 is 29.6 Å². The van der Waals surface area contributed by atoms with Gasteiger partial charge in [-0.05, 0) is 19.1 Å². The van der Waals surface area contributed by atoms with Crippen molar-refractivity contribution in [3.8, 4) is 11.5 Å². The van der Waals surface area contributed by atoms with Gasteiger partial charge in [0.05, 0.1) is 13.0 Å². The number of imide groups is 1. The molecule has 3 rings (SSSR count). The summed E-state index contributed by atoms with van der Waals surface area (Å²) in [5, 5.41) is 1.92. The van der Waals surface area contributed by atoms with Crippen LogP contribution >= 0.6 is 0 Å². The van der Waals surface area contributed by atoms with Crippen LogP contribution in [-0.2, 0) is 23.9 Å². The van der Waals surface area contributed by atoms with Crippen LogP contribution in [0, 0.1) is 5.92 Å². The van der Waals surface area contributed by atoms with Crippen molar-refractivity contribution in [2.45, 2.75) is 19.4 Å². The molecular formula is C18H20N2O8. The first kappa shape index (κ1) is 19.5. The second kappa shape index (κ2) is 8.15. The van der Waals surface area contributed by atoms with E-state index >= 15 is 0 Å². The van der Waals surface area contributed by atoms with Crippen molar-refractivity contribution in [1.29, 1.82) is 0 Å². The number of fused-ring (bicyclic) bond motifs is 1. The first-order valence-corrected chi connectivity index (χ1v) is 8.68. The van der Waals surface area contributed by atoms with E-state index in [4.69, 9.17) is 14.2 Å². The molecule has 1 N–H and O–H groups in total. The number of amides is 3. The number of hydrogen-bond acceptors (Lipinski definition) is 8. The topological polar surface area (TPSA) is 120 Å². The lowest BCUT2D eigenvalue weighted by Crippen LogP contribution is -2.40. The summed E-state index contributed by atoms with van der Waals surface area (Å²) in [5.74, 6) is -1.34. The number of nitrogens with zero attached hydrogens (tertiary/aromatic N) is 1. The minimum absolute atomic E-state index is 0.0430. The molecule has 10 heteroatoms. The third-order valence-electron chi connectivity index (χ3n) is 4.37. The largest absolute Gasteiger partial charge is 0.486 e. The van der Waals surface area contributed by atoms with Gasteiger partial charge in [-0.1, -0.05) is 0 Å². The molecule has 0 aliphatic carbocycles. The third kappa shape index (κ3) is 4.16. The van der Waals surface area contributed by atoms with Crippen molar-refractivity contribution in [2.75, 3.05) is 31.8 Å². The van der Waals surface area contributed by atoms with Crippen LogP contribution in [0.25, 0.3) is 0 Å². The monoisotopic (exact) mass is 392 g/mol. The molecule has 0 radical (unpaired) electrons. The molecule has 2 aliphatic heterocycles. The Morgan fingerprint density at radius 3 is 2.64 bits per heavy atom. The lowest BCUT2D eigenvalue weighted by atomic mass is 10.1. The van der Waals surface area contributed by atoms with Crippen LogP contribution in [0.1, 0.15) is 13.3 Å². The molecule has 1 fully saturated rings. The van der Waals surface area contributed by atoms with Gasteiger partial charge in [0.1, 0.15) is 13.2 Å². The van der Waals surface area contributed by atoms with Crippen molar-refractivity contribution in [3.05, 3.63) is 18.2 Å². The number of carbonyl (C=O) groups is 4. The summed E-state index contributed by atoms with van der Waals surface area (Å²) < 4.78 is 20.4. The zero-order chi connectivity index (χ0) is 20.3. The van der Waals surface area contributed by atoms with E-state index in [1.165, 1.54) is 11.8 Å². The van der Waals surface area contributed by atoms with Gasteiger partial charge >= 0.3 is 12.1 Å². The molecule has 0 unspecified atom stereocenters. The molecule has 0 aromatic heterocycles. The number of alkyl carbamates (subject to hydrolysis) is 1. The van der Waals surface area contributed by atoms with Crippen molar-refractivity contribution < 1.29 is 38.1 Å². The smallest absolute Gasteiger partial charge is 0.413 e. The summed E-state index contributed by atoms with van der Waals surface area (Å²) in [6.45, 7) is 2.32. The Morgan fingerprint density at radius 1 is 1.21 bits per heavy atom. The minimum atomic E-state index is -1.20. The molecule has 0 bridgehead atoms. The van der Waals surface area contributed by atoms with Crippen LogP contribution in [0.15, 0.2) is 18.2 Å². The lowest BCUT2D eigenvalue weighted by Gasteiger charge is -2.22. The minimum Gasteiger partial charge on any atom is -0.486 e. The Morgan fingerprint density at radius 2 is 1.93 bits per heavy atom. The quantitative estimate of drug-likeness (QED) is 0.741. The fourth-order valence-corrected chi connectivity index (χ4v) is 2.89. The summed E-state index contributed by atoms with van der Waals surface area (Å²) in [4.78, 5) is 49.0. The first-order valence-electron chi connectivity index (χ1n) is 8.68. The zero-order valence-electron chi connectivity index (χ0n) is 15.4. The van der Waals surface area contributed by atoms with Crippen LogP contribution in [0.3, 0.4) is 0 Å². The number of benzene rings is 1. The highest BCUT2D eigenvalue weighted by atomic mass is 16.6. The van der Waals surface area contributed by atoms with Gasteiger partial charge in [0.2, 0.25) is 5.91 Å². The van der Waals surface area contributed by atoms with Gasteiger partial charge < -0.3 is 23.8 Å². The zero-order valence-corrected chi connectivity index (χ0v) is 15.4. The number of esters is 1. The Labute approximate surface area is 160 Å². The molecule has 150 valence electrons. The maximum atomic E-state index is 12.4. The number of rotatable bonds is 4. The Kier molecular flexibility index (Phi) is 5.67. The van der Waals surface area contributed by atoms with Gasteiger partial charge in [-0.25, -0.2) is 4.79 Å². The Bertz CT molecular complexity index is 809. The fourth-order valence-electron chi connectivity index (χ4n) is 2.89. The van der Waals surface area contributed by atoms with E-state index in [2.05, 4.69) is 4.74 Å². The predicted molar refractivity (Wildman–Crippen MR) is 94.0 cm³/mol. The standard InChI is InChI=1S/C18H20N2O8/c1-10(16(22)19-18(24)25-2)28-17(23)11-7-15(21)20(9-11)12-3-4-13-14(8-12)27-6-5-26-13/h3-4,8,10-11H,5-7,9H2,1-2H3,(H,19,22,24)/t10-,11+/m1/s1. The number of nitrogens with one attached hydrogen (secondary N) is 1. The van der Waals surface area contributed by atoms with E-state index in [-0.39, 0.29) is 18.9 Å².